The molecule has 0 radical (unpaired) electrons. The average Bonchev–Trinajstić information content (AvgIpc) is 2.22. The van der Waals surface area contributed by atoms with E-state index in [1.165, 1.54) is 0 Å². The molecule has 1 nitrogen and oxygen atoms in total. The Morgan fingerprint density at radius 3 is 1.88 bits per heavy atom. The summed E-state index contributed by atoms with van der Waals surface area (Å²) in [7, 11) is 0. The molecule has 0 aromatic heterocycles. The van der Waals surface area contributed by atoms with E-state index in [0.29, 0.717) is 20.1 Å². The van der Waals surface area contributed by atoms with Crippen LogP contribution in [0.3, 0.4) is 0 Å². The van der Waals surface area contributed by atoms with Gasteiger partial charge in [0.1, 0.15) is 0 Å². The SMILES string of the molecule is Clc1cc(Cl)cc(Nc2ccc(Cl)c(Cl)c2)c1. The van der Waals surface area contributed by atoms with E-state index in [0.717, 1.165) is 11.4 Å². The first-order chi connectivity index (χ1) is 8.04. The fraction of sp³-hybridized carbons (Fsp3) is 0. The van der Waals surface area contributed by atoms with Crippen molar-refractivity contribution in [3.8, 4) is 0 Å². The van der Waals surface area contributed by atoms with Crippen molar-refractivity contribution in [2.45, 2.75) is 0 Å². The van der Waals surface area contributed by atoms with E-state index in [9.17, 15) is 0 Å². The molecule has 0 aliphatic heterocycles. The van der Waals surface area contributed by atoms with Crippen molar-refractivity contribution in [3.05, 3.63) is 56.5 Å². The number of anilines is 2. The first-order valence-corrected chi connectivity index (χ1v) is 6.24. The molecule has 0 saturated heterocycles. The first-order valence-electron chi connectivity index (χ1n) is 4.73. The Bertz CT molecular complexity index is 534. The summed E-state index contributed by atoms with van der Waals surface area (Å²) in [4.78, 5) is 0. The molecule has 88 valence electrons. The average molecular weight is 307 g/mol. The van der Waals surface area contributed by atoms with E-state index in [2.05, 4.69) is 5.32 Å². The maximum atomic E-state index is 5.92. The lowest BCUT2D eigenvalue weighted by atomic mass is 10.2. The first kappa shape index (κ1) is 12.8. The van der Waals surface area contributed by atoms with Gasteiger partial charge in [0.25, 0.3) is 0 Å². The number of hydrogen-bond acceptors (Lipinski definition) is 1. The molecule has 2 aromatic rings. The Hall–Kier alpha value is -0.600. The van der Waals surface area contributed by atoms with Crippen molar-refractivity contribution in [1.82, 2.24) is 0 Å². The van der Waals surface area contributed by atoms with E-state index in [4.69, 9.17) is 46.4 Å². The minimum atomic E-state index is 0.491. The van der Waals surface area contributed by atoms with E-state index in [1.807, 2.05) is 6.07 Å². The molecule has 0 bridgehead atoms. The molecular formula is C12H7Cl4N. The van der Waals surface area contributed by atoms with Crippen LogP contribution in [0.15, 0.2) is 36.4 Å². The van der Waals surface area contributed by atoms with Gasteiger partial charge in [0.15, 0.2) is 0 Å². The van der Waals surface area contributed by atoms with Gasteiger partial charge >= 0.3 is 0 Å². The molecule has 0 heterocycles. The Morgan fingerprint density at radius 2 is 1.29 bits per heavy atom. The highest BCUT2D eigenvalue weighted by Gasteiger charge is 2.02. The number of hydrogen-bond donors (Lipinski definition) is 1. The van der Waals surface area contributed by atoms with Crippen LogP contribution in [0.5, 0.6) is 0 Å². The van der Waals surface area contributed by atoms with Gasteiger partial charge in [-0.05, 0) is 36.4 Å². The van der Waals surface area contributed by atoms with Crippen molar-refractivity contribution in [2.75, 3.05) is 5.32 Å². The summed E-state index contributed by atoms with van der Waals surface area (Å²) >= 11 is 23.6. The van der Waals surface area contributed by atoms with Gasteiger partial charge < -0.3 is 5.32 Å². The highest BCUT2D eigenvalue weighted by atomic mass is 35.5. The number of nitrogens with one attached hydrogen (secondary N) is 1. The van der Waals surface area contributed by atoms with E-state index in [1.54, 1.807) is 30.3 Å². The number of halogens is 4. The molecule has 0 atom stereocenters. The summed E-state index contributed by atoms with van der Waals surface area (Å²) in [5.41, 5.74) is 1.61. The van der Waals surface area contributed by atoms with Crippen LogP contribution in [-0.4, -0.2) is 0 Å². The highest BCUT2D eigenvalue weighted by Crippen LogP contribution is 2.29. The zero-order chi connectivity index (χ0) is 12.4. The maximum Gasteiger partial charge on any atom is 0.0612 e. The van der Waals surface area contributed by atoms with Crippen LogP contribution in [0.2, 0.25) is 20.1 Å². The Balaban J connectivity index is 2.28. The summed E-state index contributed by atoms with van der Waals surface area (Å²) < 4.78 is 0. The Labute approximate surface area is 119 Å². The van der Waals surface area contributed by atoms with Gasteiger partial charge in [0.2, 0.25) is 0 Å². The molecule has 2 aromatic carbocycles. The normalized spacial score (nSPS) is 10.4. The topological polar surface area (TPSA) is 12.0 Å². The van der Waals surface area contributed by atoms with E-state index in [-0.39, 0.29) is 0 Å². The lowest BCUT2D eigenvalue weighted by Crippen LogP contribution is -1.90. The second-order valence-electron chi connectivity index (χ2n) is 3.41. The van der Waals surface area contributed by atoms with Crippen LogP contribution >= 0.6 is 46.4 Å². The summed E-state index contributed by atoms with van der Waals surface area (Å²) in [6.07, 6.45) is 0. The number of benzene rings is 2. The molecule has 17 heavy (non-hydrogen) atoms. The predicted molar refractivity (Wildman–Crippen MR) is 76.2 cm³/mol. The largest absolute Gasteiger partial charge is 0.355 e. The van der Waals surface area contributed by atoms with Gasteiger partial charge in [-0.15, -0.1) is 0 Å². The molecule has 0 fully saturated rings. The molecule has 0 aliphatic rings. The van der Waals surface area contributed by atoms with Crippen LogP contribution in [0, 0.1) is 0 Å². The predicted octanol–water partition coefficient (Wildman–Crippen LogP) is 6.04. The van der Waals surface area contributed by atoms with Crippen molar-refractivity contribution >= 4 is 57.8 Å². The number of rotatable bonds is 2. The molecule has 0 unspecified atom stereocenters. The molecular weight excluding hydrogens is 300 g/mol. The highest BCUT2D eigenvalue weighted by molar-refractivity contribution is 6.42. The second kappa shape index (κ2) is 5.36. The Morgan fingerprint density at radius 1 is 0.647 bits per heavy atom. The molecule has 0 spiro atoms. The fourth-order valence-electron chi connectivity index (χ4n) is 1.37. The van der Waals surface area contributed by atoms with E-state index >= 15 is 0 Å². The van der Waals surface area contributed by atoms with Crippen molar-refractivity contribution < 1.29 is 0 Å². The van der Waals surface area contributed by atoms with E-state index < -0.39 is 0 Å². The lowest BCUT2D eigenvalue weighted by Gasteiger charge is -2.08. The van der Waals surface area contributed by atoms with Crippen molar-refractivity contribution in [2.24, 2.45) is 0 Å². The lowest BCUT2D eigenvalue weighted by molar-refractivity contribution is 1.55. The maximum absolute atomic E-state index is 5.92. The minimum absolute atomic E-state index is 0.491. The standard InChI is InChI=1S/C12H7Cl4N/c13-7-3-8(14)5-10(4-7)17-9-1-2-11(15)12(16)6-9/h1-6,17H. The third kappa shape index (κ3) is 3.43. The van der Waals surface area contributed by atoms with Crippen LogP contribution < -0.4 is 5.32 Å². The minimum Gasteiger partial charge on any atom is -0.355 e. The third-order valence-corrected chi connectivity index (χ3v) is 3.25. The molecule has 1 N–H and O–H groups in total. The second-order valence-corrected chi connectivity index (χ2v) is 5.10. The smallest absolute Gasteiger partial charge is 0.0612 e. The zero-order valence-electron chi connectivity index (χ0n) is 8.48. The summed E-state index contributed by atoms with van der Waals surface area (Å²) in [6.45, 7) is 0. The quantitative estimate of drug-likeness (QED) is 0.712. The van der Waals surface area contributed by atoms with Gasteiger partial charge in [-0.1, -0.05) is 46.4 Å². The summed E-state index contributed by atoms with van der Waals surface area (Å²) in [5.74, 6) is 0. The fourth-order valence-corrected chi connectivity index (χ4v) is 2.19. The molecule has 0 aliphatic carbocycles. The summed E-state index contributed by atoms with van der Waals surface area (Å²) in [5, 5.41) is 5.29. The van der Waals surface area contributed by atoms with Gasteiger partial charge in [-0.2, -0.15) is 0 Å². The Kier molecular flexibility index (Phi) is 4.05. The zero-order valence-corrected chi connectivity index (χ0v) is 11.5. The molecule has 2 rings (SSSR count). The van der Waals surface area contributed by atoms with Crippen LogP contribution in [0.4, 0.5) is 11.4 Å². The van der Waals surface area contributed by atoms with Gasteiger partial charge in [-0.25, -0.2) is 0 Å². The van der Waals surface area contributed by atoms with Gasteiger partial charge in [-0.3, -0.25) is 0 Å². The van der Waals surface area contributed by atoms with Gasteiger partial charge in [0, 0.05) is 21.4 Å². The third-order valence-electron chi connectivity index (χ3n) is 2.07. The monoisotopic (exact) mass is 305 g/mol. The molecule has 5 heteroatoms. The van der Waals surface area contributed by atoms with Crippen LogP contribution in [-0.2, 0) is 0 Å². The van der Waals surface area contributed by atoms with Crippen molar-refractivity contribution in [1.29, 1.82) is 0 Å². The van der Waals surface area contributed by atoms with Crippen LogP contribution in [0.25, 0.3) is 0 Å². The molecule has 0 saturated carbocycles. The van der Waals surface area contributed by atoms with Gasteiger partial charge in [0.05, 0.1) is 10.0 Å². The van der Waals surface area contributed by atoms with Crippen molar-refractivity contribution in [3.63, 3.8) is 0 Å². The summed E-state index contributed by atoms with van der Waals surface area (Å²) in [6, 6.07) is 10.5. The van der Waals surface area contributed by atoms with Crippen LogP contribution in [0.1, 0.15) is 0 Å². The molecule has 0 amide bonds.